The molecule has 0 heterocycles. The maximum Gasteiger partial charge on any atom is 0.391 e. The molecule has 0 saturated heterocycles. The van der Waals surface area contributed by atoms with Crippen molar-refractivity contribution in [1.29, 1.82) is 0 Å². The van der Waals surface area contributed by atoms with Gasteiger partial charge in [0.25, 0.3) is 0 Å². The van der Waals surface area contributed by atoms with Crippen molar-refractivity contribution in [3.63, 3.8) is 0 Å². The average molecular weight is 294 g/mol. The van der Waals surface area contributed by atoms with Crippen molar-refractivity contribution in [3.05, 3.63) is 35.4 Å². The molecule has 1 aromatic rings. The Hall–Kier alpha value is -1.17. The van der Waals surface area contributed by atoms with Crippen LogP contribution in [-0.4, -0.2) is 16.9 Å². The minimum atomic E-state index is -4.24. The summed E-state index contributed by atoms with van der Waals surface area (Å²) < 4.78 is 63.7. The molecular weight excluding hydrogens is 279 g/mol. The van der Waals surface area contributed by atoms with Crippen LogP contribution in [0.15, 0.2) is 18.2 Å². The van der Waals surface area contributed by atoms with Gasteiger partial charge >= 0.3 is 6.18 Å². The summed E-state index contributed by atoms with van der Waals surface area (Å²) in [5.74, 6) is -2.91. The molecule has 0 unspecified atom stereocenters. The second-order valence-electron chi connectivity index (χ2n) is 5.49. The molecule has 0 amide bonds. The number of aliphatic hydroxyl groups is 1. The van der Waals surface area contributed by atoms with Crippen LogP contribution in [0, 0.1) is 17.6 Å². The fourth-order valence-corrected chi connectivity index (χ4v) is 2.75. The van der Waals surface area contributed by atoms with Gasteiger partial charge in [0.1, 0.15) is 11.6 Å². The lowest BCUT2D eigenvalue weighted by Crippen LogP contribution is -2.39. The van der Waals surface area contributed by atoms with Crippen LogP contribution in [0.25, 0.3) is 0 Å². The van der Waals surface area contributed by atoms with Gasteiger partial charge in [0, 0.05) is 12.5 Å². The lowest BCUT2D eigenvalue weighted by atomic mass is 9.75. The van der Waals surface area contributed by atoms with Crippen LogP contribution in [0.1, 0.15) is 31.2 Å². The Bertz CT molecular complexity index is 455. The topological polar surface area (TPSA) is 20.2 Å². The van der Waals surface area contributed by atoms with Gasteiger partial charge in [-0.05, 0) is 43.4 Å². The van der Waals surface area contributed by atoms with Crippen LogP contribution in [-0.2, 0) is 6.42 Å². The van der Waals surface area contributed by atoms with E-state index in [2.05, 4.69) is 0 Å². The lowest BCUT2D eigenvalue weighted by Gasteiger charge is -2.36. The standard InChI is InChI=1S/C14H15F5O/c15-11-5-9(6-12(16)7-11)8-13(20)3-1-10(2-4-13)14(17,18)19/h5-7,10,20H,1-4,8H2. The summed E-state index contributed by atoms with van der Waals surface area (Å²) in [5, 5.41) is 10.3. The summed E-state index contributed by atoms with van der Waals surface area (Å²) >= 11 is 0. The van der Waals surface area contributed by atoms with E-state index in [1.54, 1.807) is 0 Å². The zero-order valence-electron chi connectivity index (χ0n) is 10.7. The monoisotopic (exact) mass is 294 g/mol. The highest BCUT2D eigenvalue weighted by Crippen LogP contribution is 2.42. The van der Waals surface area contributed by atoms with Crippen molar-refractivity contribution >= 4 is 0 Å². The van der Waals surface area contributed by atoms with Crippen LogP contribution in [0.5, 0.6) is 0 Å². The Labute approximate surface area is 113 Å². The van der Waals surface area contributed by atoms with Crippen molar-refractivity contribution in [1.82, 2.24) is 0 Å². The molecule has 1 aromatic carbocycles. The second-order valence-corrected chi connectivity index (χ2v) is 5.49. The molecule has 1 aliphatic carbocycles. The van der Waals surface area contributed by atoms with E-state index in [1.165, 1.54) is 0 Å². The Morgan fingerprint density at radius 3 is 2.00 bits per heavy atom. The SMILES string of the molecule is OC1(Cc2cc(F)cc(F)c2)CCC(C(F)(F)F)CC1. The molecule has 112 valence electrons. The maximum atomic E-state index is 13.1. The van der Waals surface area contributed by atoms with Crippen molar-refractivity contribution < 1.29 is 27.1 Å². The van der Waals surface area contributed by atoms with Gasteiger partial charge in [0.05, 0.1) is 11.5 Å². The number of hydrogen-bond acceptors (Lipinski definition) is 1. The third-order valence-electron chi connectivity index (χ3n) is 3.83. The Balaban J connectivity index is 2.03. The molecule has 1 aliphatic rings. The lowest BCUT2D eigenvalue weighted by molar-refractivity contribution is -0.192. The van der Waals surface area contributed by atoms with Crippen LogP contribution < -0.4 is 0 Å². The number of alkyl halides is 3. The normalized spacial score (nSPS) is 27.6. The van der Waals surface area contributed by atoms with E-state index >= 15 is 0 Å². The first-order valence-electron chi connectivity index (χ1n) is 6.42. The third kappa shape index (κ3) is 3.69. The van der Waals surface area contributed by atoms with Gasteiger partial charge in [0.15, 0.2) is 0 Å². The maximum absolute atomic E-state index is 13.1. The van der Waals surface area contributed by atoms with Gasteiger partial charge < -0.3 is 5.11 Å². The average Bonchev–Trinajstić information content (AvgIpc) is 2.25. The van der Waals surface area contributed by atoms with Crippen molar-refractivity contribution in [2.24, 2.45) is 5.92 Å². The summed E-state index contributed by atoms with van der Waals surface area (Å²) in [6.45, 7) is 0. The van der Waals surface area contributed by atoms with Crippen LogP contribution in [0.4, 0.5) is 22.0 Å². The smallest absolute Gasteiger partial charge is 0.390 e. The molecule has 2 rings (SSSR count). The molecule has 0 aliphatic heterocycles. The van der Waals surface area contributed by atoms with Crippen LogP contribution >= 0.6 is 0 Å². The fraction of sp³-hybridized carbons (Fsp3) is 0.571. The summed E-state index contributed by atoms with van der Waals surface area (Å²) in [6.07, 6.45) is -4.63. The van der Waals surface area contributed by atoms with Gasteiger partial charge in [-0.15, -0.1) is 0 Å². The third-order valence-corrected chi connectivity index (χ3v) is 3.83. The number of rotatable bonds is 2. The second kappa shape index (κ2) is 5.31. The molecule has 0 aromatic heterocycles. The van der Waals surface area contributed by atoms with Gasteiger partial charge in [-0.2, -0.15) is 13.2 Å². The first-order chi connectivity index (χ1) is 9.18. The number of benzene rings is 1. The van der Waals surface area contributed by atoms with Gasteiger partial charge in [-0.3, -0.25) is 0 Å². The van der Waals surface area contributed by atoms with Crippen molar-refractivity contribution in [3.8, 4) is 0 Å². The van der Waals surface area contributed by atoms with E-state index in [0.29, 0.717) is 6.07 Å². The summed E-state index contributed by atoms with van der Waals surface area (Å²) in [6, 6.07) is 2.90. The van der Waals surface area contributed by atoms with Crippen molar-refractivity contribution in [2.45, 2.75) is 43.9 Å². The summed E-state index contributed by atoms with van der Waals surface area (Å²) in [4.78, 5) is 0. The van der Waals surface area contributed by atoms with E-state index < -0.39 is 29.3 Å². The highest BCUT2D eigenvalue weighted by Gasteiger charge is 2.45. The minimum Gasteiger partial charge on any atom is -0.390 e. The quantitative estimate of drug-likeness (QED) is 0.818. The number of hydrogen-bond donors (Lipinski definition) is 1. The van der Waals surface area contributed by atoms with Gasteiger partial charge in [0.2, 0.25) is 0 Å². The molecule has 1 fully saturated rings. The molecule has 0 spiro atoms. The van der Waals surface area contributed by atoms with E-state index in [0.717, 1.165) is 12.1 Å². The van der Waals surface area contributed by atoms with Crippen LogP contribution in [0.3, 0.4) is 0 Å². The Kier molecular flexibility index (Phi) is 4.04. The molecule has 0 radical (unpaired) electrons. The molecule has 6 heteroatoms. The molecule has 0 bridgehead atoms. The largest absolute Gasteiger partial charge is 0.391 e. The van der Waals surface area contributed by atoms with E-state index in [-0.39, 0.29) is 37.7 Å². The van der Waals surface area contributed by atoms with Crippen molar-refractivity contribution in [2.75, 3.05) is 0 Å². The zero-order chi connectivity index (χ0) is 15.0. The minimum absolute atomic E-state index is 0.0185. The van der Waals surface area contributed by atoms with Crippen LogP contribution in [0.2, 0.25) is 0 Å². The predicted octanol–water partition coefficient (Wildman–Crippen LogP) is 3.99. The molecule has 1 nitrogen and oxygen atoms in total. The molecule has 20 heavy (non-hydrogen) atoms. The molecular formula is C14H15F5O. The molecule has 1 saturated carbocycles. The highest BCUT2D eigenvalue weighted by molar-refractivity contribution is 5.20. The van der Waals surface area contributed by atoms with Gasteiger partial charge in [-0.25, -0.2) is 8.78 Å². The first-order valence-corrected chi connectivity index (χ1v) is 6.42. The summed E-state index contributed by atoms with van der Waals surface area (Å²) in [5.41, 5.74) is -1.06. The number of halogens is 5. The van der Waals surface area contributed by atoms with E-state index in [4.69, 9.17) is 0 Å². The van der Waals surface area contributed by atoms with E-state index in [9.17, 15) is 27.1 Å². The highest BCUT2D eigenvalue weighted by atomic mass is 19.4. The molecule has 0 atom stereocenters. The Morgan fingerprint density at radius 2 is 1.55 bits per heavy atom. The Morgan fingerprint density at radius 1 is 1.05 bits per heavy atom. The van der Waals surface area contributed by atoms with E-state index in [1.807, 2.05) is 0 Å². The molecule has 1 N–H and O–H groups in total. The first kappa shape index (κ1) is 15.2. The zero-order valence-corrected chi connectivity index (χ0v) is 10.7. The predicted molar refractivity (Wildman–Crippen MR) is 63.0 cm³/mol. The summed E-state index contributed by atoms with van der Waals surface area (Å²) in [7, 11) is 0. The van der Waals surface area contributed by atoms with Gasteiger partial charge in [-0.1, -0.05) is 0 Å². The fourth-order valence-electron chi connectivity index (χ4n) is 2.75.